The topological polar surface area (TPSA) is 129 Å². The minimum Gasteiger partial charge on any atom is -0.393 e. The predicted molar refractivity (Wildman–Crippen MR) is 119 cm³/mol. The highest BCUT2D eigenvalue weighted by Gasteiger charge is 2.35. The van der Waals surface area contributed by atoms with Crippen molar-refractivity contribution in [2.45, 2.75) is 31.5 Å². The lowest BCUT2D eigenvalue weighted by atomic mass is 10.1. The minimum atomic E-state index is -4.29. The van der Waals surface area contributed by atoms with Crippen molar-refractivity contribution in [3.05, 3.63) is 52.4 Å². The average molecular weight is 486 g/mol. The summed E-state index contributed by atoms with van der Waals surface area (Å²) in [5.41, 5.74) is 1.67. The van der Waals surface area contributed by atoms with Crippen LogP contribution < -0.4 is 10.0 Å². The Morgan fingerprint density at radius 1 is 1.16 bits per heavy atom. The molecule has 0 unspecified atom stereocenters. The number of aliphatic hydroxyl groups is 1. The molecule has 0 aliphatic heterocycles. The maximum Gasteiger partial charge on any atom is 0.333 e. The van der Waals surface area contributed by atoms with Crippen LogP contribution in [0.3, 0.4) is 0 Å². The van der Waals surface area contributed by atoms with E-state index in [-0.39, 0.29) is 18.5 Å². The molecule has 3 atom stereocenters. The van der Waals surface area contributed by atoms with Crippen LogP contribution in [-0.4, -0.2) is 45.3 Å². The molecule has 1 saturated carbocycles. The van der Waals surface area contributed by atoms with Crippen LogP contribution in [-0.2, 0) is 16.8 Å². The van der Waals surface area contributed by atoms with Crippen LogP contribution in [0.5, 0.6) is 0 Å². The summed E-state index contributed by atoms with van der Waals surface area (Å²) in [7, 11) is -4.29. The molecule has 0 saturated heterocycles. The molecule has 2 aromatic heterocycles. The summed E-state index contributed by atoms with van der Waals surface area (Å²) in [4.78, 5) is 8.74. The number of halogens is 2. The van der Waals surface area contributed by atoms with Crippen molar-refractivity contribution in [1.29, 1.82) is 0 Å². The van der Waals surface area contributed by atoms with E-state index in [9.17, 15) is 13.5 Å². The highest BCUT2D eigenvalue weighted by molar-refractivity contribution is 7.83. The molecule has 1 aromatic carbocycles. The van der Waals surface area contributed by atoms with Gasteiger partial charge in [0.05, 0.1) is 21.5 Å². The van der Waals surface area contributed by atoms with Crippen LogP contribution in [0.1, 0.15) is 24.4 Å². The van der Waals surface area contributed by atoms with Gasteiger partial charge in [0, 0.05) is 31.2 Å². The van der Waals surface area contributed by atoms with E-state index in [1.165, 1.54) is 6.33 Å². The summed E-state index contributed by atoms with van der Waals surface area (Å²) in [6.07, 6.45) is 3.67. The monoisotopic (exact) mass is 485 g/mol. The predicted octanol–water partition coefficient (Wildman–Crippen LogP) is 3.05. The van der Waals surface area contributed by atoms with Crippen LogP contribution in [0.25, 0.3) is 11.0 Å². The molecule has 0 radical (unpaired) electrons. The van der Waals surface area contributed by atoms with Crippen LogP contribution in [0.4, 0.5) is 5.82 Å². The van der Waals surface area contributed by atoms with Gasteiger partial charge in [0.1, 0.15) is 17.8 Å². The molecule has 31 heavy (non-hydrogen) atoms. The van der Waals surface area contributed by atoms with Crippen LogP contribution in [0.2, 0.25) is 10.0 Å². The van der Waals surface area contributed by atoms with Crippen molar-refractivity contribution < 1.29 is 18.1 Å². The zero-order valence-electron chi connectivity index (χ0n) is 16.2. The fraction of sp³-hybridized carbons (Fsp3) is 0.368. The van der Waals surface area contributed by atoms with Gasteiger partial charge in [0.25, 0.3) is 0 Å². The number of hydrogen-bond acceptors (Lipinski definition) is 6. The van der Waals surface area contributed by atoms with Crippen LogP contribution >= 0.6 is 23.2 Å². The first-order chi connectivity index (χ1) is 14.7. The summed E-state index contributed by atoms with van der Waals surface area (Å²) in [5.74, 6) is 0.358. The van der Waals surface area contributed by atoms with Gasteiger partial charge in [-0.05, 0) is 36.6 Å². The first-order valence-corrected chi connectivity index (χ1v) is 11.8. The number of rotatable bonds is 7. The summed E-state index contributed by atoms with van der Waals surface area (Å²) in [6, 6.07) is 7.26. The Morgan fingerprint density at radius 3 is 2.71 bits per heavy atom. The third-order valence-electron chi connectivity index (χ3n) is 5.51. The summed E-state index contributed by atoms with van der Waals surface area (Å²) in [5, 5.41) is 15.4. The van der Waals surface area contributed by atoms with Crippen LogP contribution in [0.15, 0.2) is 36.8 Å². The number of aliphatic hydroxyl groups excluding tert-OH is 1. The van der Waals surface area contributed by atoms with E-state index in [1.807, 2.05) is 22.9 Å². The molecule has 4 rings (SSSR count). The van der Waals surface area contributed by atoms with Gasteiger partial charge in [-0.2, -0.15) is 13.1 Å². The standard InChI is InChI=1S/C19H21Cl2N5O4S/c20-15-2-1-11(5-16(15)21)8-22-18-14-3-4-26(19(14)24-10-23-18)13-6-12(17(27)7-13)9-25-31(28,29)30/h1-5,10,12-13,17,25,27H,6-9H2,(H,22,23,24)(H,28,29,30)/t12-,13+,17-/m0/s1. The molecule has 4 N–H and O–H groups in total. The van der Waals surface area contributed by atoms with E-state index < -0.39 is 16.4 Å². The number of fused-ring (bicyclic) bond motifs is 1. The van der Waals surface area contributed by atoms with Gasteiger partial charge in [0.2, 0.25) is 0 Å². The van der Waals surface area contributed by atoms with E-state index in [0.717, 1.165) is 10.9 Å². The molecular weight excluding hydrogens is 465 g/mol. The number of nitrogens with one attached hydrogen (secondary N) is 2. The Morgan fingerprint density at radius 2 is 1.97 bits per heavy atom. The van der Waals surface area contributed by atoms with Gasteiger partial charge >= 0.3 is 10.3 Å². The number of nitrogens with zero attached hydrogens (tertiary/aromatic N) is 3. The van der Waals surface area contributed by atoms with Crippen molar-refractivity contribution >= 4 is 50.4 Å². The van der Waals surface area contributed by atoms with Gasteiger partial charge in [0.15, 0.2) is 0 Å². The van der Waals surface area contributed by atoms with Gasteiger partial charge in [-0.25, -0.2) is 9.97 Å². The van der Waals surface area contributed by atoms with E-state index >= 15 is 0 Å². The number of hydrogen-bond donors (Lipinski definition) is 4. The number of benzene rings is 1. The molecule has 2 heterocycles. The summed E-state index contributed by atoms with van der Waals surface area (Å²) < 4.78 is 34.8. The maximum absolute atomic E-state index is 10.9. The third-order valence-corrected chi connectivity index (χ3v) is 6.78. The van der Waals surface area contributed by atoms with Crippen LogP contribution in [0, 0.1) is 5.92 Å². The summed E-state index contributed by atoms with van der Waals surface area (Å²) >= 11 is 12.0. The van der Waals surface area contributed by atoms with Gasteiger partial charge in [-0.1, -0.05) is 29.3 Å². The number of aromatic nitrogens is 3. The average Bonchev–Trinajstić information content (AvgIpc) is 3.30. The van der Waals surface area contributed by atoms with Crippen molar-refractivity contribution in [2.24, 2.45) is 5.92 Å². The fourth-order valence-electron chi connectivity index (χ4n) is 3.97. The molecular formula is C19H21Cl2N5O4S. The SMILES string of the molecule is O=S(=O)(O)NC[C@@H]1C[C@@H](n2ccc3c(NCc4ccc(Cl)c(Cl)c4)ncnc32)C[C@@H]1O. The minimum absolute atomic E-state index is 0.0266. The molecule has 1 aliphatic carbocycles. The molecule has 0 amide bonds. The Kier molecular flexibility index (Phi) is 6.38. The largest absolute Gasteiger partial charge is 0.393 e. The molecule has 9 nitrogen and oxygen atoms in total. The molecule has 1 fully saturated rings. The van der Waals surface area contributed by atoms with E-state index in [4.69, 9.17) is 27.8 Å². The molecule has 0 spiro atoms. The highest BCUT2D eigenvalue weighted by atomic mass is 35.5. The van der Waals surface area contributed by atoms with Crippen molar-refractivity contribution in [3.63, 3.8) is 0 Å². The molecule has 0 bridgehead atoms. The lowest BCUT2D eigenvalue weighted by Gasteiger charge is -2.14. The second-order valence-electron chi connectivity index (χ2n) is 7.56. The lowest BCUT2D eigenvalue weighted by Crippen LogP contribution is -2.31. The molecule has 12 heteroatoms. The Hall–Kier alpha value is -1.95. The Bertz CT molecular complexity index is 1200. The Balaban J connectivity index is 1.50. The Labute approximate surface area is 189 Å². The zero-order chi connectivity index (χ0) is 22.2. The zero-order valence-corrected chi connectivity index (χ0v) is 18.6. The van der Waals surface area contributed by atoms with Gasteiger partial charge in [-0.3, -0.25) is 4.55 Å². The highest BCUT2D eigenvalue weighted by Crippen LogP contribution is 2.37. The molecule has 3 aromatic rings. The van der Waals surface area contributed by atoms with Crippen molar-refractivity contribution in [2.75, 3.05) is 11.9 Å². The molecule has 166 valence electrons. The van der Waals surface area contributed by atoms with E-state index in [2.05, 4.69) is 20.0 Å². The fourth-order valence-corrected chi connectivity index (χ4v) is 4.72. The third kappa shape index (κ3) is 5.11. The smallest absolute Gasteiger partial charge is 0.333 e. The first kappa shape index (κ1) is 22.3. The van der Waals surface area contributed by atoms with Gasteiger partial charge in [-0.15, -0.1) is 0 Å². The second kappa shape index (κ2) is 8.89. The maximum atomic E-state index is 10.9. The van der Waals surface area contributed by atoms with Crippen molar-refractivity contribution in [3.8, 4) is 0 Å². The first-order valence-electron chi connectivity index (χ1n) is 9.61. The summed E-state index contributed by atoms with van der Waals surface area (Å²) in [6.45, 7) is 0.473. The second-order valence-corrected chi connectivity index (χ2v) is 9.61. The number of anilines is 1. The van der Waals surface area contributed by atoms with Crippen molar-refractivity contribution in [1.82, 2.24) is 19.3 Å². The normalized spacial score (nSPS) is 21.6. The van der Waals surface area contributed by atoms with Gasteiger partial charge < -0.3 is 15.0 Å². The lowest BCUT2D eigenvalue weighted by molar-refractivity contribution is 0.133. The quantitative estimate of drug-likeness (QED) is 0.378. The van der Waals surface area contributed by atoms with E-state index in [0.29, 0.717) is 40.9 Å². The molecule has 1 aliphatic rings. The van der Waals surface area contributed by atoms with E-state index in [1.54, 1.807) is 12.1 Å².